The first-order valence-electron chi connectivity index (χ1n) is 5.72. The lowest BCUT2D eigenvalue weighted by Gasteiger charge is -2.26. The van der Waals surface area contributed by atoms with Crippen molar-refractivity contribution in [2.24, 2.45) is 0 Å². The third-order valence-electron chi connectivity index (χ3n) is 2.71. The Bertz CT molecular complexity index is 411. The third kappa shape index (κ3) is 3.52. The second kappa shape index (κ2) is 6.29. The molecule has 0 amide bonds. The Labute approximate surface area is 108 Å². The first-order chi connectivity index (χ1) is 8.66. The largest absolute Gasteiger partial charge is 0.366 e. The first-order valence-corrected chi connectivity index (χ1v) is 6.88. The molecule has 0 radical (unpaired) electrons. The summed E-state index contributed by atoms with van der Waals surface area (Å²) >= 11 is 1.91. The van der Waals surface area contributed by atoms with Crippen LogP contribution in [0.3, 0.4) is 0 Å². The normalized spacial score (nSPS) is 16.8. The Hall–Kier alpha value is -0.950. The summed E-state index contributed by atoms with van der Waals surface area (Å²) in [4.78, 5) is 5.44. The maximum atomic E-state index is 13.2. The van der Waals surface area contributed by atoms with Crippen LogP contribution >= 0.6 is 11.8 Å². The number of thioether (sulfide) groups is 1. The van der Waals surface area contributed by atoms with Crippen LogP contribution in [0.1, 0.15) is 0 Å². The van der Waals surface area contributed by atoms with Crippen molar-refractivity contribution in [3.8, 4) is 0 Å². The fourth-order valence-electron chi connectivity index (χ4n) is 1.73. The number of halogens is 3. The molecule has 1 N–H and O–H groups in total. The lowest BCUT2D eigenvalue weighted by atomic mass is 10.4. The molecule has 18 heavy (non-hydrogen) atoms. The molecule has 0 aliphatic carbocycles. The summed E-state index contributed by atoms with van der Waals surface area (Å²) in [5.74, 6) is -1.47. The summed E-state index contributed by atoms with van der Waals surface area (Å²) in [6, 6.07) is 0.502. The molecule has 2 rings (SSSR count). The fourth-order valence-corrected chi connectivity index (χ4v) is 2.70. The number of nitrogens with one attached hydrogen (secondary N) is 1. The van der Waals surface area contributed by atoms with Gasteiger partial charge < -0.3 is 5.32 Å². The Morgan fingerprint density at radius 1 is 1.22 bits per heavy atom. The SMILES string of the molecule is Fc1cc(F)c(NCCN2CCSCC2)nc1F. The summed E-state index contributed by atoms with van der Waals surface area (Å²) in [6.45, 7) is 3.19. The molecule has 1 aliphatic heterocycles. The van der Waals surface area contributed by atoms with E-state index in [1.165, 1.54) is 0 Å². The average molecular weight is 277 g/mol. The van der Waals surface area contributed by atoms with E-state index in [4.69, 9.17) is 0 Å². The van der Waals surface area contributed by atoms with Crippen LogP contribution in [0.15, 0.2) is 6.07 Å². The van der Waals surface area contributed by atoms with Gasteiger partial charge in [-0.1, -0.05) is 0 Å². The van der Waals surface area contributed by atoms with Crippen molar-refractivity contribution >= 4 is 17.6 Å². The predicted molar refractivity (Wildman–Crippen MR) is 66.4 cm³/mol. The molecule has 1 fully saturated rings. The molecule has 1 saturated heterocycles. The van der Waals surface area contributed by atoms with Gasteiger partial charge >= 0.3 is 0 Å². The smallest absolute Gasteiger partial charge is 0.251 e. The molecule has 2 heterocycles. The molecular weight excluding hydrogens is 263 g/mol. The van der Waals surface area contributed by atoms with E-state index < -0.39 is 17.6 Å². The lowest BCUT2D eigenvalue weighted by molar-refractivity contribution is 0.314. The van der Waals surface area contributed by atoms with Crippen molar-refractivity contribution in [3.05, 3.63) is 23.6 Å². The van der Waals surface area contributed by atoms with Crippen molar-refractivity contribution in [1.82, 2.24) is 9.88 Å². The number of hydrogen-bond donors (Lipinski definition) is 1. The number of hydrogen-bond acceptors (Lipinski definition) is 4. The molecule has 0 saturated carbocycles. The van der Waals surface area contributed by atoms with Gasteiger partial charge in [0.25, 0.3) is 5.95 Å². The molecule has 1 aromatic rings. The number of anilines is 1. The predicted octanol–water partition coefficient (Wildman–Crippen LogP) is 1.96. The van der Waals surface area contributed by atoms with Gasteiger partial charge in [-0.3, -0.25) is 4.90 Å². The standard InChI is InChI=1S/C11H14F3N3S/c12-8-7-9(13)11(16-10(8)14)15-1-2-17-3-5-18-6-4-17/h7H,1-6H2,(H,15,16). The van der Waals surface area contributed by atoms with Crippen LogP contribution in [-0.4, -0.2) is 47.6 Å². The van der Waals surface area contributed by atoms with Gasteiger partial charge in [0, 0.05) is 43.8 Å². The Kier molecular flexibility index (Phi) is 4.71. The van der Waals surface area contributed by atoms with Crippen LogP contribution in [-0.2, 0) is 0 Å². The molecule has 0 atom stereocenters. The molecule has 3 nitrogen and oxygen atoms in total. The minimum absolute atomic E-state index is 0.236. The highest BCUT2D eigenvalue weighted by Crippen LogP contribution is 2.14. The number of pyridine rings is 1. The van der Waals surface area contributed by atoms with Gasteiger partial charge in [-0.05, 0) is 0 Å². The zero-order valence-electron chi connectivity index (χ0n) is 9.76. The second-order valence-corrected chi connectivity index (χ2v) is 5.20. The summed E-state index contributed by atoms with van der Waals surface area (Å²) in [6.07, 6.45) is 0. The summed E-state index contributed by atoms with van der Waals surface area (Å²) in [7, 11) is 0. The zero-order chi connectivity index (χ0) is 13.0. The van der Waals surface area contributed by atoms with Gasteiger partial charge in [0.05, 0.1) is 0 Å². The van der Waals surface area contributed by atoms with Crippen LogP contribution in [0.4, 0.5) is 19.0 Å². The van der Waals surface area contributed by atoms with Crippen LogP contribution in [0.2, 0.25) is 0 Å². The molecule has 1 aromatic heterocycles. The maximum Gasteiger partial charge on any atom is 0.251 e. The number of rotatable bonds is 4. The number of aromatic nitrogens is 1. The summed E-state index contributed by atoms with van der Waals surface area (Å²) in [5.41, 5.74) is 0. The first kappa shape index (κ1) is 13.5. The van der Waals surface area contributed by atoms with E-state index in [0.717, 1.165) is 31.1 Å². The molecule has 0 spiro atoms. The van der Waals surface area contributed by atoms with Crippen LogP contribution < -0.4 is 5.32 Å². The fraction of sp³-hybridized carbons (Fsp3) is 0.545. The Morgan fingerprint density at radius 2 is 1.94 bits per heavy atom. The lowest BCUT2D eigenvalue weighted by Crippen LogP contribution is -2.36. The van der Waals surface area contributed by atoms with Crippen molar-refractivity contribution < 1.29 is 13.2 Å². The van der Waals surface area contributed by atoms with Gasteiger partial charge in [-0.25, -0.2) is 8.78 Å². The topological polar surface area (TPSA) is 28.2 Å². The Balaban J connectivity index is 1.84. The highest BCUT2D eigenvalue weighted by atomic mass is 32.2. The molecule has 1 aliphatic rings. The van der Waals surface area contributed by atoms with Gasteiger partial charge in [-0.15, -0.1) is 0 Å². The van der Waals surface area contributed by atoms with Crippen molar-refractivity contribution in [2.45, 2.75) is 0 Å². The Morgan fingerprint density at radius 3 is 2.67 bits per heavy atom. The van der Waals surface area contributed by atoms with Crippen molar-refractivity contribution in [2.75, 3.05) is 43.0 Å². The average Bonchev–Trinajstić information content (AvgIpc) is 2.37. The van der Waals surface area contributed by atoms with E-state index in [1.807, 2.05) is 11.8 Å². The van der Waals surface area contributed by atoms with E-state index in [9.17, 15) is 13.2 Å². The molecule has 0 aromatic carbocycles. The van der Waals surface area contributed by atoms with Gasteiger partial charge in [-0.2, -0.15) is 21.1 Å². The summed E-state index contributed by atoms with van der Waals surface area (Å²) < 4.78 is 38.7. The van der Waals surface area contributed by atoms with Crippen LogP contribution in [0.5, 0.6) is 0 Å². The highest BCUT2D eigenvalue weighted by Gasteiger charge is 2.13. The van der Waals surface area contributed by atoms with E-state index in [0.29, 0.717) is 12.6 Å². The quantitative estimate of drug-likeness (QED) is 0.852. The monoisotopic (exact) mass is 277 g/mol. The summed E-state index contributed by atoms with van der Waals surface area (Å²) in [5, 5.41) is 2.69. The molecule has 7 heteroatoms. The van der Waals surface area contributed by atoms with Gasteiger partial charge in [0.15, 0.2) is 17.5 Å². The highest BCUT2D eigenvalue weighted by molar-refractivity contribution is 7.99. The van der Waals surface area contributed by atoms with E-state index in [2.05, 4.69) is 15.2 Å². The van der Waals surface area contributed by atoms with E-state index in [-0.39, 0.29) is 5.82 Å². The number of nitrogens with zero attached hydrogens (tertiary/aromatic N) is 2. The molecule has 0 unspecified atom stereocenters. The van der Waals surface area contributed by atoms with E-state index in [1.54, 1.807) is 0 Å². The van der Waals surface area contributed by atoms with Gasteiger partial charge in [0.1, 0.15) is 0 Å². The van der Waals surface area contributed by atoms with Crippen LogP contribution in [0.25, 0.3) is 0 Å². The van der Waals surface area contributed by atoms with Gasteiger partial charge in [0.2, 0.25) is 0 Å². The molecule has 100 valence electrons. The molecular formula is C11H14F3N3S. The maximum absolute atomic E-state index is 13.2. The van der Waals surface area contributed by atoms with Crippen LogP contribution in [0, 0.1) is 17.6 Å². The second-order valence-electron chi connectivity index (χ2n) is 3.97. The minimum atomic E-state index is -1.28. The molecule has 0 bridgehead atoms. The van der Waals surface area contributed by atoms with Crippen molar-refractivity contribution in [1.29, 1.82) is 0 Å². The zero-order valence-corrected chi connectivity index (χ0v) is 10.6. The van der Waals surface area contributed by atoms with E-state index >= 15 is 0 Å². The minimum Gasteiger partial charge on any atom is -0.366 e. The third-order valence-corrected chi connectivity index (χ3v) is 3.65. The van der Waals surface area contributed by atoms with Crippen molar-refractivity contribution in [3.63, 3.8) is 0 Å².